The summed E-state index contributed by atoms with van der Waals surface area (Å²) in [6.45, 7) is 2.14. The Morgan fingerprint density at radius 3 is 2.82 bits per heavy atom. The quantitative estimate of drug-likeness (QED) is 0.857. The van der Waals surface area contributed by atoms with Crippen molar-refractivity contribution in [1.29, 1.82) is 0 Å². The van der Waals surface area contributed by atoms with Crippen LogP contribution in [-0.4, -0.2) is 24.4 Å². The van der Waals surface area contributed by atoms with Crippen LogP contribution in [0, 0.1) is 12.7 Å². The maximum Gasteiger partial charge on any atom is 0.243 e. The molecular weight excluding hydrogens is 331 g/mol. The molecule has 0 bridgehead atoms. The molecule has 22 heavy (non-hydrogen) atoms. The van der Waals surface area contributed by atoms with Gasteiger partial charge in [-0.25, -0.2) is 12.8 Å². The van der Waals surface area contributed by atoms with Crippen LogP contribution in [0.4, 0.5) is 4.39 Å². The Morgan fingerprint density at radius 1 is 1.41 bits per heavy atom. The summed E-state index contributed by atoms with van der Waals surface area (Å²) in [4.78, 5) is -0.0222. The molecule has 1 unspecified atom stereocenters. The number of halogens is 2. The Kier molecular flexibility index (Phi) is 3.96. The molecule has 0 amide bonds. The van der Waals surface area contributed by atoms with Gasteiger partial charge in [0.25, 0.3) is 0 Å². The van der Waals surface area contributed by atoms with E-state index < -0.39 is 15.8 Å². The summed E-state index contributed by atoms with van der Waals surface area (Å²) in [5, 5.41) is 3.71. The van der Waals surface area contributed by atoms with E-state index in [1.807, 2.05) is 0 Å². The maximum atomic E-state index is 13.2. The minimum Gasteiger partial charge on any atom is -0.361 e. The zero-order chi connectivity index (χ0) is 15.9. The predicted octanol–water partition coefficient (Wildman–Crippen LogP) is 3.30. The summed E-state index contributed by atoms with van der Waals surface area (Å²) in [6.07, 6.45) is 1.39. The number of benzene rings is 1. The third-order valence-electron chi connectivity index (χ3n) is 3.69. The van der Waals surface area contributed by atoms with Crippen LogP contribution >= 0.6 is 11.6 Å². The van der Waals surface area contributed by atoms with Gasteiger partial charge in [0.15, 0.2) is 0 Å². The predicted molar refractivity (Wildman–Crippen MR) is 78.5 cm³/mol. The highest BCUT2D eigenvalue weighted by molar-refractivity contribution is 7.89. The molecule has 0 saturated carbocycles. The summed E-state index contributed by atoms with van der Waals surface area (Å²) in [7, 11) is -3.77. The molecule has 118 valence electrons. The zero-order valence-electron chi connectivity index (χ0n) is 11.8. The van der Waals surface area contributed by atoms with E-state index in [1.54, 1.807) is 13.0 Å². The normalized spacial score (nSPS) is 19.7. The van der Waals surface area contributed by atoms with Gasteiger partial charge in [-0.15, -0.1) is 0 Å². The average Bonchev–Trinajstić information content (AvgIpc) is 3.10. The summed E-state index contributed by atoms with van der Waals surface area (Å²) in [5.41, 5.74) is 0.590. The van der Waals surface area contributed by atoms with Gasteiger partial charge in [0.1, 0.15) is 17.3 Å². The fourth-order valence-electron chi connectivity index (χ4n) is 2.64. The van der Waals surface area contributed by atoms with Crippen LogP contribution in [0.1, 0.15) is 30.3 Å². The first kappa shape index (κ1) is 15.5. The van der Waals surface area contributed by atoms with Crippen molar-refractivity contribution < 1.29 is 17.3 Å². The number of rotatable bonds is 3. The molecule has 0 spiro atoms. The molecule has 1 aromatic heterocycles. The molecule has 0 N–H and O–H groups in total. The minimum absolute atomic E-state index is 0.0222. The molecule has 2 aromatic rings. The van der Waals surface area contributed by atoms with Crippen molar-refractivity contribution in [3.05, 3.63) is 46.6 Å². The van der Waals surface area contributed by atoms with Crippen LogP contribution in [-0.2, 0) is 10.0 Å². The molecule has 8 heteroatoms. The van der Waals surface area contributed by atoms with Crippen molar-refractivity contribution in [3.8, 4) is 0 Å². The number of nitrogens with zero attached hydrogens (tertiary/aromatic N) is 2. The van der Waals surface area contributed by atoms with Gasteiger partial charge in [0.2, 0.25) is 10.0 Å². The Bertz CT molecular complexity index is 806. The number of hydrogen-bond acceptors (Lipinski definition) is 4. The number of aromatic nitrogens is 1. The average molecular weight is 345 g/mol. The molecule has 1 aromatic carbocycles. The van der Waals surface area contributed by atoms with Gasteiger partial charge in [-0.2, -0.15) is 4.31 Å². The lowest BCUT2D eigenvalue weighted by Crippen LogP contribution is -2.30. The second kappa shape index (κ2) is 5.64. The first-order valence-electron chi connectivity index (χ1n) is 6.80. The van der Waals surface area contributed by atoms with Crippen molar-refractivity contribution >= 4 is 21.6 Å². The van der Waals surface area contributed by atoms with Gasteiger partial charge in [-0.1, -0.05) is 16.8 Å². The third-order valence-corrected chi connectivity index (χ3v) is 5.88. The molecule has 1 saturated heterocycles. The van der Waals surface area contributed by atoms with E-state index in [4.69, 9.17) is 16.1 Å². The van der Waals surface area contributed by atoms with E-state index in [-0.39, 0.29) is 16.0 Å². The molecule has 1 atom stereocenters. The van der Waals surface area contributed by atoms with E-state index in [2.05, 4.69) is 5.16 Å². The fraction of sp³-hybridized carbons (Fsp3) is 0.357. The maximum absolute atomic E-state index is 13.2. The van der Waals surface area contributed by atoms with Crippen LogP contribution in [0.5, 0.6) is 0 Å². The molecule has 2 heterocycles. The van der Waals surface area contributed by atoms with Gasteiger partial charge in [0.05, 0.1) is 16.0 Å². The number of hydrogen-bond donors (Lipinski definition) is 0. The summed E-state index contributed by atoms with van der Waals surface area (Å²) < 4.78 is 45.2. The van der Waals surface area contributed by atoms with Crippen molar-refractivity contribution in [3.63, 3.8) is 0 Å². The van der Waals surface area contributed by atoms with E-state index in [1.165, 1.54) is 10.4 Å². The van der Waals surface area contributed by atoms with E-state index in [0.29, 0.717) is 24.4 Å². The van der Waals surface area contributed by atoms with Gasteiger partial charge < -0.3 is 4.52 Å². The van der Waals surface area contributed by atoms with Gasteiger partial charge >= 0.3 is 0 Å². The highest BCUT2D eigenvalue weighted by Crippen LogP contribution is 2.36. The topological polar surface area (TPSA) is 63.4 Å². The molecule has 1 aliphatic heterocycles. The summed E-state index contributed by atoms with van der Waals surface area (Å²) in [6, 6.07) is 4.78. The lowest BCUT2D eigenvalue weighted by atomic mass is 10.1. The zero-order valence-corrected chi connectivity index (χ0v) is 13.4. The number of aryl methyl sites for hydroxylation is 1. The second-order valence-electron chi connectivity index (χ2n) is 5.21. The van der Waals surface area contributed by atoms with Crippen LogP contribution < -0.4 is 0 Å². The van der Waals surface area contributed by atoms with E-state index >= 15 is 0 Å². The van der Waals surface area contributed by atoms with Crippen LogP contribution in [0.2, 0.25) is 5.02 Å². The standard InChI is InChI=1S/C14H14ClFN2O3S/c1-9-7-13(17-21-9)14-3-2-6-18(14)22(19,20)10-4-5-12(16)11(15)8-10/h4-5,7-8,14H,2-3,6H2,1H3. The Labute approximate surface area is 132 Å². The lowest BCUT2D eigenvalue weighted by molar-refractivity contribution is 0.349. The molecule has 3 rings (SSSR count). The van der Waals surface area contributed by atoms with Crippen molar-refractivity contribution in [2.75, 3.05) is 6.54 Å². The van der Waals surface area contributed by atoms with Crippen LogP contribution in [0.25, 0.3) is 0 Å². The SMILES string of the molecule is Cc1cc(C2CCCN2S(=O)(=O)c2ccc(F)c(Cl)c2)no1. The van der Waals surface area contributed by atoms with E-state index in [9.17, 15) is 12.8 Å². The van der Waals surface area contributed by atoms with E-state index in [0.717, 1.165) is 18.6 Å². The second-order valence-corrected chi connectivity index (χ2v) is 7.51. The molecule has 1 aliphatic rings. The van der Waals surface area contributed by atoms with Crippen LogP contribution in [0.3, 0.4) is 0 Å². The molecule has 1 fully saturated rings. The van der Waals surface area contributed by atoms with Crippen molar-refractivity contribution in [2.24, 2.45) is 0 Å². The summed E-state index contributed by atoms with van der Waals surface area (Å²) in [5.74, 6) is -0.0187. The molecule has 5 nitrogen and oxygen atoms in total. The van der Waals surface area contributed by atoms with Gasteiger partial charge in [0, 0.05) is 12.6 Å². The minimum atomic E-state index is -3.77. The molecule has 0 aliphatic carbocycles. The number of sulfonamides is 1. The first-order valence-corrected chi connectivity index (χ1v) is 8.61. The Morgan fingerprint density at radius 2 is 2.18 bits per heavy atom. The smallest absolute Gasteiger partial charge is 0.243 e. The van der Waals surface area contributed by atoms with Crippen molar-refractivity contribution in [1.82, 2.24) is 9.46 Å². The highest BCUT2D eigenvalue weighted by atomic mass is 35.5. The molecular formula is C14H14ClFN2O3S. The monoisotopic (exact) mass is 344 g/mol. The fourth-order valence-corrected chi connectivity index (χ4v) is 4.58. The van der Waals surface area contributed by atoms with Gasteiger partial charge in [-0.05, 0) is 38.0 Å². The summed E-state index contributed by atoms with van der Waals surface area (Å²) >= 11 is 5.70. The van der Waals surface area contributed by atoms with Crippen molar-refractivity contribution in [2.45, 2.75) is 30.7 Å². The molecule has 0 radical (unpaired) electrons. The lowest BCUT2D eigenvalue weighted by Gasteiger charge is -2.22. The highest BCUT2D eigenvalue weighted by Gasteiger charge is 2.37. The van der Waals surface area contributed by atoms with Crippen LogP contribution in [0.15, 0.2) is 33.7 Å². The largest absolute Gasteiger partial charge is 0.361 e. The van der Waals surface area contributed by atoms with Gasteiger partial charge in [-0.3, -0.25) is 0 Å². The Hall–Kier alpha value is -1.44. The first-order chi connectivity index (χ1) is 10.4. The third kappa shape index (κ3) is 2.64. The Balaban J connectivity index is 1.98.